The van der Waals surface area contributed by atoms with E-state index in [1.54, 1.807) is 13.0 Å². The van der Waals surface area contributed by atoms with Gasteiger partial charge in [0.15, 0.2) is 0 Å². The van der Waals surface area contributed by atoms with E-state index in [1.807, 2.05) is 32.3 Å². The van der Waals surface area contributed by atoms with E-state index in [9.17, 15) is 10.1 Å². The Bertz CT molecular complexity index is 674. The van der Waals surface area contributed by atoms with Crippen molar-refractivity contribution in [3.05, 3.63) is 63.8 Å². The van der Waals surface area contributed by atoms with E-state index in [1.165, 1.54) is 11.6 Å². The van der Waals surface area contributed by atoms with Gasteiger partial charge in [0.1, 0.15) is 11.5 Å². The Morgan fingerprint density at radius 1 is 1.17 bits per heavy atom. The Balaban J connectivity index is 2.21. The third-order valence-corrected chi connectivity index (χ3v) is 3.80. The normalized spacial score (nSPS) is 13.6. The van der Waals surface area contributed by atoms with Gasteiger partial charge in [-0.1, -0.05) is 30.3 Å². The first-order valence-electron chi connectivity index (χ1n) is 7.50. The molecule has 0 fully saturated rings. The summed E-state index contributed by atoms with van der Waals surface area (Å²) in [4.78, 5) is 16.9. The molecule has 0 saturated carbocycles. The molecule has 0 aliphatic carbocycles. The quantitative estimate of drug-likeness (QED) is 0.653. The minimum absolute atomic E-state index is 0.0374. The van der Waals surface area contributed by atoms with E-state index >= 15 is 0 Å². The van der Waals surface area contributed by atoms with Crippen molar-refractivity contribution in [2.45, 2.75) is 25.9 Å². The van der Waals surface area contributed by atoms with E-state index in [-0.39, 0.29) is 17.8 Å². The number of benzene rings is 1. The molecule has 1 aromatic carbocycles. The molecule has 23 heavy (non-hydrogen) atoms. The highest BCUT2D eigenvalue weighted by Crippen LogP contribution is 2.25. The summed E-state index contributed by atoms with van der Waals surface area (Å²) < 4.78 is 0. The van der Waals surface area contributed by atoms with Gasteiger partial charge in [0.2, 0.25) is 0 Å². The van der Waals surface area contributed by atoms with Crippen LogP contribution in [0.5, 0.6) is 0 Å². The number of pyridine rings is 1. The largest absolute Gasteiger partial charge is 0.366 e. The maximum Gasteiger partial charge on any atom is 0.290 e. The monoisotopic (exact) mass is 314 g/mol. The number of nitrogens with zero attached hydrogens (tertiary/aromatic N) is 3. The van der Waals surface area contributed by atoms with Crippen molar-refractivity contribution in [1.29, 1.82) is 0 Å². The number of likely N-dealkylation sites (N-methyl/N-ethyl adjacent to an activating group) is 1. The van der Waals surface area contributed by atoms with Crippen molar-refractivity contribution in [2.75, 3.05) is 19.4 Å². The minimum Gasteiger partial charge on any atom is -0.366 e. The number of rotatable bonds is 6. The van der Waals surface area contributed by atoms with Crippen LogP contribution in [-0.4, -0.2) is 34.9 Å². The molecule has 6 nitrogen and oxygen atoms in total. The van der Waals surface area contributed by atoms with Crippen molar-refractivity contribution < 1.29 is 4.92 Å². The molecule has 2 atom stereocenters. The molecule has 0 amide bonds. The lowest BCUT2D eigenvalue weighted by molar-refractivity contribution is -0.385. The lowest BCUT2D eigenvalue weighted by Gasteiger charge is -2.31. The Morgan fingerprint density at radius 2 is 1.83 bits per heavy atom. The highest BCUT2D eigenvalue weighted by Gasteiger charge is 2.22. The standard InChI is InChI=1S/C17H22N4O2/c1-12-15(21(22)23)10-11-16(18-12)19-13(2)17(20(3)4)14-8-6-5-7-9-14/h5-11,13,17H,1-4H3,(H,18,19)/t13-,17-/m1/s1. The molecule has 1 aromatic heterocycles. The second kappa shape index (κ2) is 7.19. The predicted octanol–water partition coefficient (Wildman–Crippen LogP) is 3.40. The van der Waals surface area contributed by atoms with Crippen LogP contribution in [0.1, 0.15) is 24.2 Å². The highest BCUT2D eigenvalue weighted by atomic mass is 16.6. The molecule has 0 bridgehead atoms. The van der Waals surface area contributed by atoms with Crippen LogP contribution < -0.4 is 5.32 Å². The molecule has 122 valence electrons. The SMILES string of the molecule is Cc1nc(N[C@H](C)[C@H](c2ccccc2)N(C)C)ccc1[N+](=O)[O-]. The Morgan fingerprint density at radius 3 is 2.35 bits per heavy atom. The van der Waals surface area contributed by atoms with Crippen LogP contribution >= 0.6 is 0 Å². The van der Waals surface area contributed by atoms with Crippen LogP contribution in [0.4, 0.5) is 11.5 Å². The molecule has 0 aliphatic rings. The van der Waals surface area contributed by atoms with Crippen molar-refractivity contribution in [3.63, 3.8) is 0 Å². The Labute approximate surface area is 136 Å². The fourth-order valence-electron chi connectivity index (χ4n) is 2.82. The zero-order valence-corrected chi connectivity index (χ0v) is 13.9. The van der Waals surface area contributed by atoms with Gasteiger partial charge in [-0.15, -0.1) is 0 Å². The van der Waals surface area contributed by atoms with Gasteiger partial charge in [0, 0.05) is 12.1 Å². The van der Waals surface area contributed by atoms with E-state index in [0.29, 0.717) is 11.5 Å². The number of nitrogens with one attached hydrogen (secondary N) is 1. The predicted molar refractivity (Wildman–Crippen MR) is 91.6 cm³/mol. The van der Waals surface area contributed by atoms with Gasteiger partial charge in [-0.2, -0.15) is 0 Å². The molecule has 0 spiro atoms. The van der Waals surface area contributed by atoms with E-state index < -0.39 is 4.92 Å². The van der Waals surface area contributed by atoms with Crippen LogP contribution in [0, 0.1) is 17.0 Å². The van der Waals surface area contributed by atoms with Crippen molar-refractivity contribution in [2.24, 2.45) is 0 Å². The summed E-state index contributed by atoms with van der Waals surface area (Å²) in [7, 11) is 4.06. The molecule has 0 saturated heterocycles. The number of anilines is 1. The number of nitro groups is 1. The van der Waals surface area contributed by atoms with Crippen LogP contribution in [0.25, 0.3) is 0 Å². The first-order chi connectivity index (χ1) is 10.9. The summed E-state index contributed by atoms with van der Waals surface area (Å²) in [6, 6.07) is 13.6. The highest BCUT2D eigenvalue weighted by molar-refractivity contribution is 5.45. The Kier molecular flexibility index (Phi) is 5.28. The van der Waals surface area contributed by atoms with Crippen molar-refractivity contribution in [3.8, 4) is 0 Å². The van der Waals surface area contributed by atoms with Gasteiger partial charge in [0.25, 0.3) is 5.69 Å². The molecular weight excluding hydrogens is 292 g/mol. The summed E-state index contributed by atoms with van der Waals surface area (Å²) in [5.41, 5.74) is 1.65. The van der Waals surface area contributed by atoms with Gasteiger partial charge in [-0.05, 0) is 39.6 Å². The summed E-state index contributed by atoms with van der Waals surface area (Å²) in [5, 5.41) is 14.2. The second-order valence-corrected chi connectivity index (χ2v) is 5.81. The number of aromatic nitrogens is 1. The van der Waals surface area contributed by atoms with Gasteiger partial charge in [-0.25, -0.2) is 4.98 Å². The van der Waals surface area contributed by atoms with Gasteiger partial charge in [-0.3, -0.25) is 10.1 Å². The van der Waals surface area contributed by atoms with Crippen LogP contribution in [0.15, 0.2) is 42.5 Å². The average Bonchev–Trinajstić information content (AvgIpc) is 2.47. The summed E-state index contributed by atoms with van der Waals surface area (Å²) in [6.45, 7) is 3.73. The maximum atomic E-state index is 10.9. The lowest BCUT2D eigenvalue weighted by Crippen LogP contribution is -2.34. The first kappa shape index (κ1) is 16.9. The number of hydrogen-bond acceptors (Lipinski definition) is 5. The van der Waals surface area contributed by atoms with Gasteiger partial charge in [0.05, 0.1) is 11.0 Å². The third kappa shape index (κ3) is 4.04. The fourth-order valence-corrected chi connectivity index (χ4v) is 2.82. The van der Waals surface area contributed by atoms with E-state index in [2.05, 4.69) is 34.3 Å². The number of hydrogen-bond donors (Lipinski definition) is 1. The molecule has 2 aromatic rings. The smallest absolute Gasteiger partial charge is 0.290 e. The van der Waals surface area contributed by atoms with Gasteiger partial charge >= 0.3 is 0 Å². The summed E-state index contributed by atoms with van der Waals surface area (Å²) in [6.07, 6.45) is 0. The Hall–Kier alpha value is -2.47. The molecular formula is C17H22N4O2. The third-order valence-electron chi connectivity index (χ3n) is 3.80. The van der Waals surface area contributed by atoms with Crippen LogP contribution in [0.3, 0.4) is 0 Å². The van der Waals surface area contributed by atoms with E-state index in [0.717, 1.165) is 0 Å². The van der Waals surface area contributed by atoms with Crippen molar-refractivity contribution in [1.82, 2.24) is 9.88 Å². The topological polar surface area (TPSA) is 71.3 Å². The molecule has 0 aliphatic heterocycles. The zero-order valence-electron chi connectivity index (χ0n) is 13.9. The molecule has 0 radical (unpaired) electrons. The molecule has 6 heteroatoms. The summed E-state index contributed by atoms with van der Waals surface area (Å²) >= 11 is 0. The first-order valence-corrected chi connectivity index (χ1v) is 7.50. The van der Waals surface area contributed by atoms with Gasteiger partial charge < -0.3 is 10.2 Å². The van der Waals surface area contributed by atoms with Crippen LogP contribution in [0.2, 0.25) is 0 Å². The van der Waals surface area contributed by atoms with E-state index in [4.69, 9.17) is 0 Å². The summed E-state index contributed by atoms with van der Waals surface area (Å²) in [5.74, 6) is 0.642. The molecule has 2 rings (SSSR count). The number of aryl methyl sites for hydroxylation is 1. The average molecular weight is 314 g/mol. The van der Waals surface area contributed by atoms with Crippen molar-refractivity contribution >= 4 is 11.5 Å². The zero-order chi connectivity index (χ0) is 17.0. The fraction of sp³-hybridized carbons (Fsp3) is 0.353. The molecule has 1 heterocycles. The maximum absolute atomic E-state index is 10.9. The molecule has 1 N–H and O–H groups in total. The second-order valence-electron chi connectivity index (χ2n) is 5.81. The molecule has 0 unspecified atom stereocenters. The van der Waals surface area contributed by atoms with Crippen LogP contribution in [-0.2, 0) is 0 Å². The minimum atomic E-state index is -0.415. The lowest BCUT2D eigenvalue weighted by atomic mass is 9.99.